The van der Waals surface area contributed by atoms with Crippen LogP contribution in [0.2, 0.25) is 0 Å². The minimum atomic E-state index is -0.817. The van der Waals surface area contributed by atoms with Gasteiger partial charge in [0.15, 0.2) is 6.61 Å². The van der Waals surface area contributed by atoms with Crippen LogP contribution < -0.4 is 10.6 Å². The molecule has 0 aliphatic carbocycles. The Bertz CT molecular complexity index is 633. The number of esters is 1. The number of amides is 2. The molecule has 0 radical (unpaired) electrons. The lowest BCUT2D eigenvalue weighted by atomic mass is 9.95. The summed E-state index contributed by atoms with van der Waals surface area (Å²) >= 11 is 0. The van der Waals surface area contributed by atoms with Crippen LogP contribution in [0.5, 0.6) is 0 Å². The van der Waals surface area contributed by atoms with Gasteiger partial charge in [0, 0.05) is 11.1 Å². The molecule has 6 nitrogen and oxygen atoms in total. The molecule has 0 aliphatic heterocycles. The summed E-state index contributed by atoms with van der Waals surface area (Å²) in [6.07, 6.45) is 0. The van der Waals surface area contributed by atoms with Gasteiger partial charge < -0.3 is 15.4 Å². The Morgan fingerprint density at radius 3 is 2.24 bits per heavy atom. The second-order valence-electron chi connectivity index (χ2n) is 7.34. The van der Waals surface area contributed by atoms with E-state index in [0.29, 0.717) is 5.69 Å². The number of benzene rings is 1. The summed E-state index contributed by atoms with van der Waals surface area (Å²) in [4.78, 5) is 35.8. The molecule has 0 aromatic heterocycles. The number of hydrogen-bond acceptors (Lipinski definition) is 4. The van der Waals surface area contributed by atoms with Crippen LogP contribution in [-0.2, 0) is 19.1 Å². The Balaban J connectivity index is 2.54. The molecule has 0 fully saturated rings. The van der Waals surface area contributed by atoms with Gasteiger partial charge >= 0.3 is 5.97 Å². The summed E-state index contributed by atoms with van der Waals surface area (Å²) in [7, 11) is 0. The zero-order valence-electron chi connectivity index (χ0n) is 15.8. The van der Waals surface area contributed by atoms with Crippen molar-refractivity contribution in [3.63, 3.8) is 0 Å². The van der Waals surface area contributed by atoms with Crippen LogP contribution in [0.4, 0.5) is 5.69 Å². The minimum absolute atomic E-state index is 0.256. The van der Waals surface area contributed by atoms with E-state index in [1.807, 2.05) is 32.0 Å². The molecule has 6 heteroatoms. The number of anilines is 1. The average Bonchev–Trinajstić information content (AvgIpc) is 2.51. The molecule has 0 saturated carbocycles. The van der Waals surface area contributed by atoms with Crippen LogP contribution in [0.25, 0.3) is 0 Å². The second kappa shape index (κ2) is 8.65. The smallest absolute Gasteiger partial charge is 0.328 e. The standard InChI is InChI=1S/C19H28N2O4/c1-12(2)14-9-7-8-10-15(14)21-16(22)11-25-17(23)13(3)20-18(24)19(4,5)6/h7-10,12-13H,11H2,1-6H3,(H,20,24)(H,21,22). The molecule has 0 spiro atoms. The van der Waals surface area contributed by atoms with Gasteiger partial charge in [-0.25, -0.2) is 4.79 Å². The fraction of sp³-hybridized carbons (Fsp3) is 0.526. The molecule has 1 aromatic carbocycles. The van der Waals surface area contributed by atoms with E-state index in [4.69, 9.17) is 4.74 Å². The maximum Gasteiger partial charge on any atom is 0.328 e. The highest BCUT2D eigenvalue weighted by Crippen LogP contribution is 2.23. The lowest BCUT2D eigenvalue weighted by Crippen LogP contribution is -2.45. The van der Waals surface area contributed by atoms with E-state index < -0.39 is 29.9 Å². The third kappa shape index (κ3) is 6.57. The first-order chi connectivity index (χ1) is 11.5. The van der Waals surface area contributed by atoms with Crippen molar-refractivity contribution in [3.8, 4) is 0 Å². The van der Waals surface area contributed by atoms with Crippen molar-refractivity contribution >= 4 is 23.5 Å². The van der Waals surface area contributed by atoms with Gasteiger partial charge in [-0.15, -0.1) is 0 Å². The molecule has 1 rings (SSSR count). The van der Waals surface area contributed by atoms with Crippen LogP contribution >= 0.6 is 0 Å². The maximum atomic E-state index is 12.0. The fourth-order valence-corrected chi connectivity index (χ4v) is 2.03. The summed E-state index contributed by atoms with van der Waals surface area (Å²) < 4.78 is 4.99. The van der Waals surface area contributed by atoms with Crippen LogP contribution in [0.1, 0.15) is 53.0 Å². The van der Waals surface area contributed by atoms with Crippen molar-refractivity contribution in [2.75, 3.05) is 11.9 Å². The summed E-state index contributed by atoms with van der Waals surface area (Å²) in [5.74, 6) is -1.07. The SMILES string of the molecule is CC(NC(=O)C(C)(C)C)C(=O)OCC(=O)Nc1ccccc1C(C)C. The minimum Gasteiger partial charge on any atom is -0.454 e. The third-order valence-corrected chi connectivity index (χ3v) is 3.58. The van der Waals surface area contributed by atoms with Gasteiger partial charge in [0.1, 0.15) is 6.04 Å². The maximum absolute atomic E-state index is 12.0. The second-order valence-corrected chi connectivity index (χ2v) is 7.34. The summed E-state index contributed by atoms with van der Waals surface area (Å²) in [5, 5.41) is 5.32. The number of para-hydroxylation sites is 1. The van der Waals surface area contributed by atoms with E-state index in [9.17, 15) is 14.4 Å². The molecule has 0 heterocycles. The molecule has 1 unspecified atom stereocenters. The zero-order valence-corrected chi connectivity index (χ0v) is 15.8. The van der Waals surface area contributed by atoms with E-state index in [1.165, 1.54) is 6.92 Å². The first-order valence-corrected chi connectivity index (χ1v) is 8.38. The number of hydrogen-bond donors (Lipinski definition) is 2. The van der Waals surface area contributed by atoms with Crippen LogP contribution in [0.15, 0.2) is 24.3 Å². The normalized spacial score (nSPS) is 12.4. The van der Waals surface area contributed by atoms with E-state index >= 15 is 0 Å². The number of carbonyl (C=O) groups is 3. The number of nitrogens with one attached hydrogen (secondary N) is 2. The summed E-state index contributed by atoms with van der Waals surface area (Å²) in [6, 6.07) is 6.67. The predicted molar refractivity (Wildman–Crippen MR) is 97.2 cm³/mol. The number of carbonyl (C=O) groups excluding carboxylic acids is 3. The van der Waals surface area contributed by atoms with Crippen molar-refractivity contribution in [2.45, 2.75) is 53.5 Å². The van der Waals surface area contributed by atoms with Gasteiger partial charge in [0.2, 0.25) is 5.91 Å². The summed E-state index contributed by atoms with van der Waals surface area (Å²) in [6.45, 7) is 10.4. The molecular weight excluding hydrogens is 320 g/mol. The van der Waals surface area contributed by atoms with Gasteiger partial charge in [-0.2, -0.15) is 0 Å². The van der Waals surface area contributed by atoms with Gasteiger partial charge in [-0.3, -0.25) is 9.59 Å². The number of ether oxygens (including phenoxy) is 1. The summed E-state index contributed by atoms with van der Waals surface area (Å²) in [5.41, 5.74) is 1.10. The molecule has 0 aliphatic rings. The van der Waals surface area contributed by atoms with E-state index in [0.717, 1.165) is 5.56 Å². The van der Waals surface area contributed by atoms with Crippen molar-refractivity contribution in [1.82, 2.24) is 5.32 Å². The molecule has 2 amide bonds. The van der Waals surface area contributed by atoms with E-state index in [2.05, 4.69) is 10.6 Å². The average molecular weight is 348 g/mol. The number of rotatable bonds is 6. The van der Waals surface area contributed by atoms with Crippen molar-refractivity contribution < 1.29 is 19.1 Å². The molecular formula is C19H28N2O4. The first-order valence-electron chi connectivity index (χ1n) is 8.38. The lowest BCUT2D eigenvalue weighted by molar-refractivity contribution is -0.150. The highest BCUT2D eigenvalue weighted by molar-refractivity contribution is 5.94. The molecule has 25 heavy (non-hydrogen) atoms. The van der Waals surface area contributed by atoms with Crippen LogP contribution in [-0.4, -0.2) is 30.4 Å². The molecule has 2 N–H and O–H groups in total. The molecule has 0 bridgehead atoms. The van der Waals surface area contributed by atoms with Crippen LogP contribution in [0, 0.1) is 5.41 Å². The Hall–Kier alpha value is -2.37. The monoisotopic (exact) mass is 348 g/mol. The molecule has 0 saturated heterocycles. The van der Waals surface area contributed by atoms with E-state index in [1.54, 1.807) is 26.8 Å². The van der Waals surface area contributed by atoms with Crippen molar-refractivity contribution in [2.24, 2.45) is 5.41 Å². The molecule has 1 aromatic rings. The Morgan fingerprint density at radius 2 is 1.68 bits per heavy atom. The zero-order chi connectivity index (χ0) is 19.2. The van der Waals surface area contributed by atoms with Gasteiger partial charge in [0.05, 0.1) is 0 Å². The Morgan fingerprint density at radius 1 is 1.08 bits per heavy atom. The predicted octanol–water partition coefficient (Wildman–Crippen LogP) is 2.84. The Kier molecular flexibility index (Phi) is 7.15. The molecule has 1 atom stereocenters. The molecule has 138 valence electrons. The topological polar surface area (TPSA) is 84.5 Å². The van der Waals surface area contributed by atoms with Gasteiger partial charge in [-0.1, -0.05) is 52.8 Å². The highest BCUT2D eigenvalue weighted by Gasteiger charge is 2.26. The Labute approximate surface area is 149 Å². The van der Waals surface area contributed by atoms with Gasteiger partial charge in [-0.05, 0) is 24.5 Å². The highest BCUT2D eigenvalue weighted by atomic mass is 16.5. The van der Waals surface area contributed by atoms with E-state index in [-0.39, 0.29) is 11.8 Å². The largest absolute Gasteiger partial charge is 0.454 e. The third-order valence-electron chi connectivity index (χ3n) is 3.58. The first kappa shape index (κ1) is 20.7. The van der Waals surface area contributed by atoms with Crippen molar-refractivity contribution in [1.29, 1.82) is 0 Å². The quantitative estimate of drug-likeness (QED) is 0.774. The van der Waals surface area contributed by atoms with Crippen molar-refractivity contribution in [3.05, 3.63) is 29.8 Å². The fourth-order valence-electron chi connectivity index (χ4n) is 2.03. The van der Waals surface area contributed by atoms with Crippen LogP contribution in [0.3, 0.4) is 0 Å². The lowest BCUT2D eigenvalue weighted by Gasteiger charge is -2.21. The van der Waals surface area contributed by atoms with Gasteiger partial charge in [0.25, 0.3) is 5.91 Å².